The summed E-state index contributed by atoms with van der Waals surface area (Å²) in [7, 11) is 0. The van der Waals surface area contributed by atoms with Crippen LogP contribution in [0.5, 0.6) is 0 Å². The van der Waals surface area contributed by atoms with E-state index in [-0.39, 0.29) is 0 Å². The van der Waals surface area contributed by atoms with Crippen LogP contribution in [0.4, 0.5) is 13.2 Å². The standard InChI is InChI=1S/C11H15F3N2O/c12-11(13,14)10(6-15)16-9(7-17)8-4-2-1-3-5-8/h1-5,9-10,16-17H,6-7,15H2/t9-,10+/m0/s1. The van der Waals surface area contributed by atoms with E-state index in [1.54, 1.807) is 30.3 Å². The van der Waals surface area contributed by atoms with Gasteiger partial charge >= 0.3 is 6.18 Å². The number of nitrogens with one attached hydrogen (secondary N) is 1. The Hall–Kier alpha value is -1.11. The van der Waals surface area contributed by atoms with E-state index in [1.807, 2.05) is 0 Å². The number of hydrogen-bond acceptors (Lipinski definition) is 3. The maximum absolute atomic E-state index is 12.5. The highest BCUT2D eigenvalue weighted by atomic mass is 19.4. The summed E-state index contributed by atoms with van der Waals surface area (Å²) >= 11 is 0. The van der Waals surface area contributed by atoms with Gasteiger partial charge in [0.25, 0.3) is 0 Å². The van der Waals surface area contributed by atoms with Crippen LogP contribution >= 0.6 is 0 Å². The van der Waals surface area contributed by atoms with Crippen molar-refractivity contribution in [2.75, 3.05) is 13.2 Å². The molecule has 0 bridgehead atoms. The zero-order chi connectivity index (χ0) is 12.9. The average molecular weight is 248 g/mol. The third-order valence-corrected chi connectivity index (χ3v) is 2.42. The molecule has 3 nitrogen and oxygen atoms in total. The first-order chi connectivity index (χ1) is 7.99. The van der Waals surface area contributed by atoms with E-state index in [9.17, 15) is 13.2 Å². The van der Waals surface area contributed by atoms with Gasteiger partial charge < -0.3 is 10.8 Å². The van der Waals surface area contributed by atoms with Crippen LogP contribution in [0.1, 0.15) is 11.6 Å². The lowest BCUT2D eigenvalue weighted by molar-refractivity contribution is -0.156. The molecular weight excluding hydrogens is 233 g/mol. The number of hydrogen-bond donors (Lipinski definition) is 3. The Labute approximate surface area is 97.4 Å². The largest absolute Gasteiger partial charge is 0.405 e. The van der Waals surface area contributed by atoms with Gasteiger partial charge in [-0.3, -0.25) is 5.32 Å². The Kier molecular flexibility index (Phi) is 4.92. The first-order valence-electron chi connectivity index (χ1n) is 5.17. The number of aliphatic hydroxyl groups excluding tert-OH is 1. The summed E-state index contributed by atoms with van der Waals surface area (Å²) in [6, 6.07) is 5.86. The molecule has 2 atom stereocenters. The molecule has 17 heavy (non-hydrogen) atoms. The number of halogens is 3. The minimum absolute atomic E-state index is 0.420. The Morgan fingerprint density at radius 1 is 1.24 bits per heavy atom. The van der Waals surface area contributed by atoms with Crippen molar-refractivity contribution in [1.29, 1.82) is 0 Å². The maximum Gasteiger partial charge on any atom is 0.405 e. The molecule has 0 fully saturated rings. The van der Waals surface area contributed by atoms with E-state index in [0.29, 0.717) is 5.56 Å². The number of nitrogens with two attached hydrogens (primary N) is 1. The molecule has 1 rings (SSSR count). The highest BCUT2D eigenvalue weighted by molar-refractivity contribution is 5.19. The summed E-state index contributed by atoms with van der Waals surface area (Å²) in [5, 5.41) is 11.4. The van der Waals surface area contributed by atoms with Crippen molar-refractivity contribution in [1.82, 2.24) is 5.32 Å². The minimum Gasteiger partial charge on any atom is -0.394 e. The molecule has 96 valence electrons. The van der Waals surface area contributed by atoms with Crippen molar-refractivity contribution in [3.63, 3.8) is 0 Å². The molecule has 0 aromatic heterocycles. The minimum atomic E-state index is -4.42. The summed E-state index contributed by atoms with van der Waals surface area (Å²) in [5.41, 5.74) is 5.67. The SMILES string of the molecule is NC[C@@H](N[C@@H](CO)c1ccccc1)C(F)(F)F. The van der Waals surface area contributed by atoms with Crippen LogP contribution in [0.25, 0.3) is 0 Å². The number of alkyl halides is 3. The molecular formula is C11H15F3N2O. The van der Waals surface area contributed by atoms with Crippen molar-refractivity contribution in [3.05, 3.63) is 35.9 Å². The Bertz CT molecular complexity index is 329. The van der Waals surface area contributed by atoms with E-state index in [1.165, 1.54) is 0 Å². The van der Waals surface area contributed by atoms with E-state index in [2.05, 4.69) is 5.32 Å². The van der Waals surface area contributed by atoms with Crippen LogP contribution in [-0.2, 0) is 0 Å². The monoisotopic (exact) mass is 248 g/mol. The fraction of sp³-hybridized carbons (Fsp3) is 0.455. The van der Waals surface area contributed by atoms with Crippen LogP contribution < -0.4 is 11.1 Å². The molecule has 1 aromatic carbocycles. The van der Waals surface area contributed by atoms with Crippen molar-refractivity contribution in [3.8, 4) is 0 Å². The topological polar surface area (TPSA) is 58.3 Å². The quantitative estimate of drug-likeness (QED) is 0.734. The predicted molar refractivity (Wildman–Crippen MR) is 58.3 cm³/mol. The lowest BCUT2D eigenvalue weighted by Gasteiger charge is -2.25. The van der Waals surface area contributed by atoms with Gasteiger partial charge in [-0.2, -0.15) is 13.2 Å². The lowest BCUT2D eigenvalue weighted by atomic mass is 10.1. The van der Waals surface area contributed by atoms with Gasteiger partial charge in [0.05, 0.1) is 12.6 Å². The molecule has 0 unspecified atom stereocenters. The van der Waals surface area contributed by atoms with E-state index in [4.69, 9.17) is 10.8 Å². The molecule has 0 aliphatic carbocycles. The van der Waals surface area contributed by atoms with Crippen LogP contribution in [-0.4, -0.2) is 30.5 Å². The highest BCUT2D eigenvalue weighted by Crippen LogP contribution is 2.22. The van der Waals surface area contributed by atoms with Crippen molar-refractivity contribution in [2.45, 2.75) is 18.3 Å². The molecule has 0 saturated heterocycles. The summed E-state index contributed by atoms with van der Waals surface area (Å²) in [4.78, 5) is 0. The van der Waals surface area contributed by atoms with Gasteiger partial charge in [-0.1, -0.05) is 30.3 Å². The fourth-order valence-corrected chi connectivity index (χ4v) is 1.48. The lowest BCUT2D eigenvalue weighted by Crippen LogP contribution is -2.49. The summed E-state index contributed by atoms with van der Waals surface area (Å²) in [6.45, 7) is -0.983. The summed E-state index contributed by atoms with van der Waals surface area (Å²) in [6.07, 6.45) is -4.42. The molecule has 0 heterocycles. The second-order valence-electron chi connectivity index (χ2n) is 3.64. The molecule has 0 amide bonds. The van der Waals surface area contributed by atoms with Gasteiger partial charge in [-0.05, 0) is 5.56 Å². The normalized spacial score (nSPS) is 15.6. The maximum atomic E-state index is 12.5. The number of aliphatic hydroxyl groups is 1. The van der Waals surface area contributed by atoms with Crippen molar-refractivity contribution < 1.29 is 18.3 Å². The first kappa shape index (κ1) is 14.0. The van der Waals surface area contributed by atoms with Gasteiger partial charge in [0.1, 0.15) is 6.04 Å². The molecule has 1 aromatic rings. The highest BCUT2D eigenvalue weighted by Gasteiger charge is 2.39. The van der Waals surface area contributed by atoms with Crippen LogP contribution in [0, 0.1) is 0 Å². The molecule has 0 aliphatic rings. The van der Waals surface area contributed by atoms with Crippen LogP contribution in [0.3, 0.4) is 0 Å². The third kappa shape index (κ3) is 3.99. The second kappa shape index (κ2) is 6.00. The number of rotatable bonds is 5. The van der Waals surface area contributed by atoms with E-state index < -0.39 is 31.4 Å². The molecule has 6 heteroatoms. The zero-order valence-corrected chi connectivity index (χ0v) is 9.11. The number of benzene rings is 1. The zero-order valence-electron chi connectivity index (χ0n) is 9.11. The van der Waals surface area contributed by atoms with Crippen LogP contribution in [0.2, 0.25) is 0 Å². The van der Waals surface area contributed by atoms with Gasteiger partial charge in [-0.15, -0.1) is 0 Å². The molecule has 0 aliphatic heterocycles. The third-order valence-electron chi connectivity index (χ3n) is 2.42. The van der Waals surface area contributed by atoms with E-state index in [0.717, 1.165) is 0 Å². The average Bonchev–Trinajstić information content (AvgIpc) is 2.30. The summed E-state index contributed by atoms with van der Waals surface area (Å²) < 4.78 is 37.5. The Morgan fingerprint density at radius 2 is 1.82 bits per heavy atom. The Balaban J connectivity index is 2.76. The predicted octanol–water partition coefficient (Wildman–Crippen LogP) is 1.20. The van der Waals surface area contributed by atoms with Gasteiger partial charge in [0.2, 0.25) is 0 Å². The molecule has 0 spiro atoms. The molecule has 0 saturated carbocycles. The smallest absolute Gasteiger partial charge is 0.394 e. The van der Waals surface area contributed by atoms with Gasteiger partial charge in [0.15, 0.2) is 0 Å². The molecule has 4 N–H and O–H groups in total. The van der Waals surface area contributed by atoms with E-state index >= 15 is 0 Å². The fourth-order valence-electron chi connectivity index (χ4n) is 1.48. The van der Waals surface area contributed by atoms with Gasteiger partial charge in [0, 0.05) is 6.54 Å². The van der Waals surface area contributed by atoms with Crippen molar-refractivity contribution >= 4 is 0 Å². The Morgan fingerprint density at radius 3 is 2.24 bits per heavy atom. The summed E-state index contributed by atoms with van der Waals surface area (Å²) in [5.74, 6) is 0. The molecule has 0 radical (unpaired) electrons. The van der Waals surface area contributed by atoms with Gasteiger partial charge in [-0.25, -0.2) is 0 Å². The van der Waals surface area contributed by atoms with Crippen molar-refractivity contribution in [2.24, 2.45) is 5.73 Å². The first-order valence-corrected chi connectivity index (χ1v) is 5.17. The van der Waals surface area contributed by atoms with Crippen LogP contribution in [0.15, 0.2) is 30.3 Å². The second-order valence-corrected chi connectivity index (χ2v) is 3.64.